The number of piperidine rings is 1. The van der Waals surface area contributed by atoms with E-state index in [9.17, 15) is 14.4 Å². The molecule has 32 heavy (non-hydrogen) atoms. The average molecular weight is 452 g/mol. The summed E-state index contributed by atoms with van der Waals surface area (Å²) in [6.45, 7) is 3.56. The Morgan fingerprint density at radius 2 is 1.66 bits per heavy atom. The van der Waals surface area contributed by atoms with Crippen molar-refractivity contribution < 1.29 is 14.4 Å². The quantitative estimate of drug-likeness (QED) is 0.655. The zero-order valence-electron chi connectivity index (χ0n) is 18.3. The van der Waals surface area contributed by atoms with Crippen molar-refractivity contribution in [1.82, 2.24) is 9.80 Å². The second-order valence-electron chi connectivity index (χ2n) is 8.98. The molecular formula is C25H29N3O3S. The maximum Gasteiger partial charge on any atom is 0.264 e. The molecule has 2 fully saturated rings. The van der Waals surface area contributed by atoms with Gasteiger partial charge in [-0.3, -0.25) is 19.3 Å². The number of benzene rings is 1. The second-order valence-corrected chi connectivity index (χ2v) is 10.0. The van der Waals surface area contributed by atoms with Gasteiger partial charge in [-0.2, -0.15) is 0 Å². The lowest BCUT2D eigenvalue weighted by atomic mass is 9.94. The fourth-order valence-electron chi connectivity index (χ4n) is 5.20. The Bertz CT molecular complexity index is 1000. The average Bonchev–Trinajstić information content (AvgIpc) is 3.31. The van der Waals surface area contributed by atoms with E-state index < -0.39 is 0 Å². The van der Waals surface area contributed by atoms with Crippen LogP contribution in [0.4, 0.5) is 5.69 Å². The van der Waals surface area contributed by atoms with E-state index in [4.69, 9.17) is 0 Å². The van der Waals surface area contributed by atoms with Gasteiger partial charge in [-0.15, -0.1) is 11.3 Å². The number of nitrogens with zero attached hydrogens (tertiary/aromatic N) is 3. The number of likely N-dealkylation sites (tertiary alicyclic amines) is 1. The van der Waals surface area contributed by atoms with Gasteiger partial charge in [0, 0.05) is 37.0 Å². The fourth-order valence-corrected chi connectivity index (χ4v) is 5.89. The van der Waals surface area contributed by atoms with Crippen LogP contribution in [0, 0.1) is 5.92 Å². The lowest BCUT2D eigenvalue weighted by molar-refractivity contribution is -0.136. The molecule has 1 aromatic heterocycles. The van der Waals surface area contributed by atoms with Crippen LogP contribution >= 0.6 is 11.3 Å². The number of thiophene rings is 1. The van der Waals surface area contributed by atoms with Gasteiger partial charge >= 0.3 is 0 Å². The predicted molar refractivity (Wildman–Crippen MR) is 125 cm³/mol. The fraction of sp³-hybridized carbons (Fsp3) is 0.480. The number of hydrogen-bond donors (Lipinski definition) is 0. The van der Waals surface area contributed by atoms with E-state index in [-0.39, 0.29) is 17.7 Å². The number of anilines is 1. The van der Waals surface area contributed by atoms with E-state index in [1.54, 1.807) is 17.4 Å². The first kappa shape index (κ1) is 21.2. The smallest absolute Gasteiger partial charge is 0.264 e. The molecule has 0 saturated carbocycles. The molecule has 7 heteroatoms. The number of carbonyl (C=O) groups excluding carboxylic acids is 3. The predicted octanol–water partition coefficient (Wildman–Crippen LogP) is 4.16. The van der Waals surface area contributed by atoms with Crippen LogP contribution in [0.1, 0.15) is 64.1 Å². The number of hydrogen-bond acceptors (Lipinski definition) is 5. The van der Waals surface area contributed by atoms with Gasteiger partial charge in [-0.1, -0.05) is 25.0 Å². The second kappa shape index (κ2) is 9.06. The molecule has 2 aromatic rings. The SMILES string of the molecule is O=C(C1CCN(c2cccc3c2C(=O)N(Cc2cccs2)C3=O)CC1)N1CCCCCC1. The zero-order chi connectivity index (χ0) is 22.1. The molecule has 4 heterocycles. The summed E-state index contributed by atoms with van der Waals surface area (Å²) in [5.74, 6) is -0.0600. The first-order valence-corrected chi connectivity index (χ1v) is 12.6. The molecule has 0 bridgehead atoms. The molecule has 5 rings (SSSR count). The molecule has 0 aliphatic carbocycles. The molecule has 0 spiro atoms. The molecule has 1 aromatic carbocycles. The molecule has 0 atom stereocenters. The topological polar surface area (TPSA) is 60.9 Å². The molecular weight excluding hydrogens is 422 g/mol. The van der Waals surface area contributed by atoms with Crippen molar-refractivity contribution in [3.8, 4) is 0 Å². The highest BCUT2D eigenvalue weighted by molar-refractivity contribution is 7.09. The largest absolute Gasteiger partial charge is 0.371 e. The highest BCUT2D eigenvalue weighted by atomic mass is 32.1. The minimum atomic E-state index is -0.216. The third kappa shape index (κ3) is 3.94. The summed E-state index contributed by atoms with van der Waals surface area (Å²) >= 11 is 1.55. The van der Waals surface area contributed by atoms with Crippen LogP contribution < -0.4 is 4.90 Å². The van der Waals surface area contributed by atoms with Gasteiger partial charge in [0.05, 0.1) is 23.4 Å². The van der Waals surface area contributed by atoms with E-state index >= 15 is 0 Å². The van der Waals surface area contributed by atoms with Crippen LogP contribution in [0.25, 0.3) is 0 Å². The summed E-state index contributed by atoms with van der Waals surface area (Å²) in [7, 11) is 0. The molecule has 2 saturated heterocycles. The Balaban J connectivity index is 1.29. The Kier molecular flexibility index (Phi) is 6.00. The standard InChI is InChI=1S/C25H29N3O3S/c29-23(27-12-3-1-2-4-13-27)18-10-14-26(15-11-18)21-9-5-8-20-22(21)25(31)28(24(20)30)17-19-7-6-16-32-19/h5-9,16,18H,1-4,10-15,17H2. The molecule has 6 nitrogen and oxygen atoms in total. The summed E-state index contributed by atoms with van der Waals surface area (Å²) in [6.07, 6.45) is 6.24. The summed E-state index contributed by atoms with van der Waals surface area (Å²) < 4.78 is 0. The van der Waals surface area contributed by atoms with Crippen molar-refractivity contribution in [1.29, 1.82) is 0 Å². The van der Waals surface area contributed by atoms with Crippen LogP contribution in [-0.2, 0) is 11.3 Å². The van der Waals surface area contributed by atoms with Gasteiger partial charge in [0.2, 0.25) is 5.91 Å². The molecule has 0 unspecified atom stereocenters. The Labute approximate surface area is 192 Å². The Morgan fingerprint density at radius 3 is 2.34 bits per heavy atom. The van der Waals surface area contributed by atoms with Crippen molar-refractivity contribution in [3.63, 3.8) is 0 Å². The van der Waals surface area contributed by atoms with Gasteiger partial charge < -0.3 is 9.80 Å². The Hall–Kier alpha value is -2.67. The van der Waals surface area contributed by atoms with Crippen LogP contribution in [0.3, 0.4) is 0 Å². The molecule has 0 N–H and O–H groups in total. The molecule has 3 amide bonds. The highest BCUT2D eigenvalue weighted by Crippen LogP contribution is 2.35. The molecule has 168 valence electrons. The zero-order valence-corrected chi connectivity index (χ0v) is 19.1. The molecule has 3 aliphatic heterocycles. The highest BCUT2D eigenvalue weighted by Gasteiger charge is 2.39. The van der Waals surface area contributed by atoms with Crippen molar-refractivity contribution >= 4 is 34.7 Å². The van der Waals surface area contributed by atoms with E-state index in [0.29, 0.717) is 23.6 Å². The van der Waals surface area contributed by atoms with E-state index in [1.807, 2.05) is 29.6 Å². The van der Waals surface area contributed by atoms with E-state index in [1.165, 1.54) is 17.7 Å². The van der Waals surface area contributed by atoms with Gasteiger partial charge in [0.1, 0.15) is 0 Å². The summed E-state index contributed by atoms with van der Waals surface area (Å²) in [5, 5.41) is 1.95. The Morgan fingerprint density at radius 1 is 0.906 bits per heavy atom. The van der Waals surface area contributed by atoms with Crippen LogP contribution in [0.2, 0.25) is 0 Å². The van der Waals surface area contributed by atoms with Gasteiger partial charge in [0.15, 0.2) is 0 Å². The molecule has 0 radical (unpaired) electrons. The lowest BCUT2D eigenvalue weighted by Gasteiger charge is -2.35. The number of imide groups is 1. The number of amides is 3. The van der Waals surface area contributed by atoms with Gasteiger partial charge in [0.25, 0.3) is 11.8 Å². The number of carbonyl (C=O) groups is 3. The van der Waals surface area contributed by atoms with E-state index in [2.05, 4.69) is 9.80 Å². The van der Waals surface area contributed by atoms with Crippen LogP contribution in [-0.4, -0.2) is 53.7 Å². The lowest BCUT2D eigenvalue weighted by Crippen LogP contribution is -2.43. The van der Waals surface area contributed by atoms with Gasteiger partial charge in [-0.25, -0.2) is 0 Å². The minimum absolute atomic E-state index is 0.0637. The number of rotatable bonds is 4. The summed E-state index contributed by atoms with van der Waals surface area (Å²) in [4.78, 5) is 45.8. The van der Waals surface area contributed by atoms with Crippen molar-refractivity contribution in [2.24, 2.45) is 5.92 Å². The van der Waals surface area contributed by atoms with Gasteiger partial charge in [-0.05, 0) is 49.3 Å². The van der Waals surface area contributed by atoms with Crippen molar-refractivity contribution in [3.05, 3.63) is 51.7 Å². The third-order valence-electron chi connectivity index (χ3n) is 6.97. The minimum Gasteiger partial charge on any atom is -0.371 e. The molecule has 3 aliphatic rings. The maximum absolute atomic E-state index is 13.2. The third-order valence-corrected chi connectivity index (χ3v) is 7.83. The van der Waals surface area contributed by atoms with Crippen molar-refractivity contribution in [2.75, 3.05) is 31.1 Å². The number of fused-ring (bicyclic) bond motifs is 1. The van der Waals surface area contributed by atoms with E-state index in [0.717, 1.165) is 62.4 Å². The monoisotopic (exact) mass is 451 g/mol. The normalized spacial score (nSPS) is 19.9. The first-order valence-electron chi connectivity index (χ1n) is 11.7. The first-order chi connectivity index (χ1) is 15.6. The van der Waals surface area contributed by atoms with Crippen LogP contribution in [0.5, 0.6) is 0 Å². The summed E-state index contributed by atoms with van der Waals surface area (Å²) in [6, 6.07) is 9.43. The van der Waals surface area contributed by atoms with Crippen molar-refractivity contribution in [2.45, 2.75) is 45.1 Å². The van der Waals surface area contributed by atoms with Crippen LogP contribution in [0.15, 0.2) is 35.7 Å². The maximum atomic E-state index is 13.2. The summed E-state index contributed by atoms with van der Waals surface area (Å²) in [5.41, 5.74) is 1.84.